The van der Waals surface area contributed by atoms with E-state index in [-0.39, 0.29) is 75.2 Å². The number of hydrogen-bond acceptors (Lipinski definition) is 19. The molecule has 26 nitrogen and oxygen atoms in total. The summed E-state index contributed by atoms with van der Waals surface area (Å²) in [6.07, 6.45) is -3.16. The van der Waals surface area contributed by atoms with E-state index in [2.05, 4.69) is 38.7 Å². The van der Waals surface area contributed by atoms with Gasteiger partial charge in [-0.25, -0.2) is 33.4 Å². The van der Waals surface area contributed by atoms with E-state index >= 15 is 0 Å². The van der Waals surface area contributed by atoms with Gasteiger partial charge in [-0.2, -0.15) is 8.62 Å². The van der Waals surface area contributed by atoms with Crippen LogP contribution in [0.3, 0.4) is 0 Å². The van der Waals surface area contributed by atoms with Gasteiger partial charge in [0, 0.05) is 47.3 Å². The zero-order valence-corrected chi connectivity index (χ0v) is 36.5. The number of nitrogens with one attached hydrogen (secondary N) is 2. The Bertz CT molecular complexity index is 3000. The number of imidazole rings is 1. The van der Waals surface area contributed by atoms with Gasteiger partial charge in [0.2, 0.25) is 5.95 Å². The van der Waals surface area contributed by atoms with Crippen molar-refractivity contribution in [1.82, 2.24) is 24.8 Å². The smallest absolute Gasteiger partial charge is 0.490 e. The van der Waals surface area contributed by atoms with E-state index in [4.69, 9.17) is 24.7 Å². The number of aliphatic hydroxyl groups is 2. The highest BCUT2D eigenvalue weighted by Crippen LogP contribution is 2.66. The number of nitrogens with two attached hydrogens (primary N) is 1. The summed E-state index contributed by atoms with van der Waals surface area (Å²) in [6, 6.07) is 12.5. The predicted molar refractivity (Wildman–Crippen MR) is 228 cm³/mol. The Balaban J connectivity index is 0.956. The molecule has 4 aromatic rings. The van der Waals surface area contributed by atoms with Crippen molar-refractivity contribution in [3.63, 3.8) is 0 Å². The minimum absolute atomic E-state index is 0.0480. The number of ether oxygens (including phenoxy) is 1. The van der Waals surface area contributed by atoms with Crippen molar-refractivity contribution < 1.29 is 85.6 Å². The number of aromatic hydroxyl groups is 1. The number of amides is 1. The molecule has 352 valence electrons. The lowest BCUT2D eigenvalue weighted by Crippen LogP contribution is -2.33. The lowest BCUT2D eigenvalue weighted by molar-refractivity contribution is -0.0493. The highest BCUT2D eigenvalue weighted by molar-refractivity contribution is 7.66. The molecule has 66 heavy (non-hydrogen) atoms. The number of nitrogen functional groups attached to an aromatic ring is 1. The van der Waals surface area contributed by atoms with E-state index in [1.807, 2.05) is 0 Å². The maximum atomic E-state index is 13.4. The molecule has 0 spiro atoms. The van der Waals surface area contributed by atoms with Crippen LogP contribution >= 0.6 is 23.5 Å². The van der Waals surface area contributed by atoms with Crippen LogP contribution in [0.15, 0.2) is 70.1 Å². The second-order valence-electron chi connectivity index (χ2n) is 14.6. The van der Waals surface area contributed by atoms with Gasteiger partial charge in [-0.1, -0.05) is 12.8 Å². The van der Waals surface area contributed by atoms with Crippen LogP contribution in [0.25, 0.3) is 44.6 Å². The Hall–Kier alpha value is -5.69. The van der Waals surface area contributed by atoms with E-state index < -0.39 is 66.5 Å². The van der Waals surface area contributed by atoms with Gasteiger partial charge in [-0.3, -0.25) is 18.7 Å². The molecule has 2 aromatic carbocycles. The number of fused-ring (bicyclic) bond motifs is 3. The number of aromatic nitrogens is 4. The van der Waals surface area contributed by atoms with Gasteiger partial charge in [0.05, 0.1) is 12.2 Å². The summed E-state index contributed by atoms with van der Waals surface area (Å²) in [4.78, 5) is 87.2. The van der Waals surface area contributed by atoms with Gasteiger partial charge in [-0.15, -0.1) is 0 Å². The first-order valence-corrected chi connectivity index (χ1v) is 24.0. The third-order valence-corrected chi connectivity index (χ3v) is 13.8. The van der Waals surface area contributed by atoms with Crippen LogP contribution in [0.5, 0.6) is 5.75 Å². The number of phosphoric acid groups is 3. The van der Waals surface area contributed by atoms with E-state index in [9.17, 15) is 58.3 Å². The molecule has 2 aromatic heterocycles. The topological polar surface area (TPSA) is 408 Å². The van der Waals surface area contributed by atoms with Crippen molar-refractivity contribution in [2.45, 2.75) is 50.2 Å². The number of benzene rings is 3. The SMILES string of the molecule is Nc1ncnc2c1nc(NCCCCCCNC(=O)c1ccc(C(=O)O)c(-c3c4ccc(=O)cc-4oc4cc(O)ccc34)c1)n2[C@@H]1O[C@H](COP(=O)(O)OP(=O)(O)OP(=O)(O)O)[C@@H](O)[C@H]1O. The van der Waals surface area contributed by atoms with Crippen LogP contribution < -0.4 is 21.8 Å². The Morgan fingerprint density at radius 1 is 0.864 bits per heavy atom. The fraction of sp³-hybridized carbons (Fsp3) is 0.297. The number of carboxylic acid groups (broad SMARTS) is 1. The maximum Gasteiger partial charge on any atom is 0.490 e. The van der Waals surface area contributed by atoms with Crippen molar-refractivity contribution in [3.05, 3.63) is 82.3 Å². The molecule has 4 heterocycles. The quantitative estimate of drug-likeness (QED) is 0.0315. The predicted octanol–water partition coefficient (Wildman–Crippen LogP) is 3.06. The lowest BCUT2D eigenvalue weighted by Gasteiger charge is -2.20. The number of nitrogens with zero attached hydrogens (tertiary/aromatic N) is 4. The molecule has 6 atom stereocenters. The standard InChI is InChI=1S/C37H40N7O19P3/c38-32-29-33(42-17-41-32)44(35-31(48)30(47)27(61-35)16-59-65(55,56)63-66(57,58)62-64(52,53)54)37(43-29)40-12-4-2-1-3-11-39-34(49)18-5-8-21(36(50)51)24(13-18)28-22-9-6-19(45)14-25(22)60-26-15-20(46)7-10-23(26)28/h5-10,13-15,17,27,30-31,35,45,47-48H,1-4,11-12,16H2,(H,39,49)(H,40,43)(H,50,51)(H,55,56)(H,57,58)(H2,38,41,42)(H2,52,53,54)/t27-,30-,31-,35-/m1/s1. The molecule has 7 rings (SSSR count). The molecule has 29 heteroatoms. The van der Waals surface area contributed by atoms with E-state index in [0.29, 0.717) is 42.2 Å². The number of aromatic carboxylic acids is 1. The monoisotopic (exact) mass is 979 g/mol. The van der Waals surface area contributed by atoms with E-state index in [1.54, 1.807) is 6.07 Å². The fourth-order valence-corrected chi connectivity index (χ4v) is 10.2. The molecule has 1 amide bonds. The molecule has 1 aliphatic carbocycles. The third kappa shape index (κ3) is 10.9. The van der Waals surface area contributed by atoms with Gasteiger partial charge in [0.25, 0.3) is 5.91 Å². The summed E-state index contributed by atoms with van der Waals surface area (Å²) in [5.41, 5.74) is 7.05. The summed E-state index contributed by atoms with van der Waals surface area (Å²) in [6.45, 7) is -0.505. The number of phenols is 1. The van der Waals surface area contributed by atoms with Gasteiger partial charge >= 0.3 is 29.4 Å². The molecule has 1 saturated heterocycles. The van der Waals surface area contributed by atoms with Crippen LogP contribution in [-0.4, -0.2) is 109 Å². The average Bonchev–Trinajstić information content (AvgIpc) is 3.73. The van der Waals surface area contributed by atoms with Gasteiger partial charge < -0.3 is 65.5 Å². The summed E-state index contributed by atoms with van der Waals surface area (Å²) < 4.78 is 59.7. The molecule has 0 saturated carbocycles. The van der Waals surface area contributed by atoms with Crippen LogP contribution in [0.1, 0.15) is 52.6 Å². The Kier molecular flexibility index (Phi) is 14.1. The number of hydrogen-bond donors (Lipinski definition) is 11. The molecule has 3 aliphatic rings. The first-order valence-electron chi connectivity index (χ1n) is 19.5. The Morgan fingerprint density at radius 2 is 1.61 bits per heavy atom. The number of carbonyl (C=O) groups excluding carboxylic acids is 1. The normalized spacial score (nSPS) is 19.5. The Labute approximate surface area is 370 Å². The zero-order valence-electron chi connectivity index (χ0n) is 33.8. The number of rotatable bonds is 19. The summed E-state index contributed by atoms with van der Waals surface area (Å²) in [7, 11) is -17.1. The minimum Gasteiger partial charge on any atom is -0.508 e. The molecule has 0 radical (unpaired) electrons. The van der Waals surface area contributed by atoms with Crippen molar-refractivity contribution in [1.29, 1.82) is 0 Å². The second-order valence-corrected chi connectivity index (χ2v) is 19.1. The number of carbonyl (C=O) groups is 2. The maximum absolute atomic E-state index is 13.4. The number of anilines is 2. The number of aliphatic hydroxyl groups excluding tert-OH is 2. The van der Waals surface area contributed by atoms with E-state index in [0.717, 1.165) is 6.33 Å². The summed E-state index contributed by atoms with van der Waals surface area (Å²) in [5, 5.41) is 48.3. The zero-order chi connectivity index (χ0) is 47.7. The van der Waals surface area contributed by atoms with Crippen molar-refractivity contribution in [2.24, 2.45) is 0 Å². The molecule has 12 N–H and O–H groups in total. The van der Waals surface area contributed by atoms with Crippen LogP contribution in [0, 0.1) is 0 Å². The van der Waals surface area contributed by atoms with Crippen LogP contribution in [-0.2, 0) is 31.6 Å². The third-order valence-electron chi connectivity index (χ3n) is 10.0. The average molecular weight is 980 g/mol. The van der Waals surface area contributed by atoms with Crippen LogP contribution in [0.4, 0.5) is 11.8 Å². The van der Waals surface area contributed by atoms with E-state index in [1.165, 1.54) is 53.1 Å². The first-order chi connectivity index (χ1) is 31.1. The van der Waals surface area contributed by atoms with Crippen molar-refractivity contribution in [3.8, 4) is 28.2 Å². The molecule has 0 bridgehead atoms. The molecule has 2 aliphatic heterocycles. The van der Waals surface area contributed by atoms with Crippen molar-refractivity contribution >= 4 is 69.2 Å². The molecular formula is C37H40N7O19P3. The Morgan fingerprint density at radius 3 is 2.33 bits per heavy atom. The lowest BCUT2D eigenvalue weighted by atomic mass is 9.89. The highest BCUT2D eigenvalue weighted by Gasteiger charge is 2.47. The second kappa shape index (κ2) is 19.3. The molecular weight excluding hydrogens is 939 g/mol. The first kappa shape index (κ1) is 48.2. The minimum atomic E-state index is -5.83. The number of unbranched alkanes of at least 4 members (excludes halogenated alkanes) is 3. The van der Waals surface area contributed by atoms with Gasteiger partial charge in [0.15, 0.2) is 28.6 Å². The fourth-order valence-electron chi connectivity index (χ4n) is 7.18. The van der Waals surface area contributed by atoms with Gasteiger partial charge in [-0.05, 0) is 60.9 Å². The van der Waals surface area contributed by atoms with Crippen molar-refractivity contribution in [2.75, 3.05) is 30.7 Å². The molecule has 2 unspecified atom stereocenters. The van der Waals surface area contributed by atoms with Crippen LogP contribution in [0.2, 0.25) is 0 Å². The number of phosphoric ester groups is 1. The molecule has 1 fully saturated rings. The number of phenolic OH excluding ortho intramolecular Hbond substituents is 1. The van der Waals surface area contributed by atoms with Gasteiger partial charge in [0.1, 0.15) is 41.7 Å². The summed E-state index contributed by atoms with van der Waals surface area (Å²) in [5.74, 6) is -1.68. The number of carboxylic acids is 1. The largest absolute Gasteiger partial charge is 0.508 e. The highest BCUT2D eigenvalue weighted by atomic mass is 31.3. The summed E-state index contributed by atoms with van der Waals surface area (Å²) >= 11 is 0.